The van der Waals surface area contributed by atoms with Crippen LogP contribution in [0.2, 0.25) is 5.02 Å². The highest BCUT2D eigenvalue weighted by molar-refractivity contribution is 6.32. The Bertz CT molecular complexity index is 1260. The highest BCUT2D eigenvalue weighted by Crippen LogP contribution is 2.44. The molecular weight excluding hydrogens is 453 g/mol. The molecule has 2 heterocycles. The minimum absolute atomic E-state index is 0.105. The quantitative estimate of drug-likeness (QED) is 0.483. The van der Waals surface area contributed by atoms with Gasteiger partial charge in [-0.2, -0.15) is 0 Å². The van der Waals surface area contributed by atoms with Crippen LogP contribution in [0.15, 0.2) is 53.5 Å². The maximum absolute atomic E-state index is 14.4. The Morgan fingerprint density at radius 3 is 2.76 bits per heavy atom. The van der Waals surface area contributed by atoms with Crippen molar-refractivity contribution in [1.82, 2.24) is 4.57 Å². The van der Waals surface area contributed by atoms with E-state index in [1.165, 1.54) is 22.9 Å². The number of hydrogen-bond acceptors (Lipinski definition) is 5. The Hall–Kier alpha value is -3.36. The molecule has 0 saturated carbocycles. The van der Waals surface area contributed by atoms with E-state index in [2.05, 4.69) is 0 Å². The summed E-state index contributed by atoms with van der Waals surface area (Å²) in [7, 11) is 1.60. The van der Waals surface area contributed by atoms with Crippen LogP contribution in [0, 0.1) is 5.82 Å². The molecule has 1 unspecified atom stereocenters. The second kappa shape index (κ2) is 9.64. The Morgan fingerprint density at radius 1 is 1.24 bits per heavy atom. The molecule has 0 spiro atoms. The monoisotopic (exact) mass is 473 g/mol. The van der Waals surface area contributed by atoms with E-state index in [0.717, 1.165) is 0 Å². The van der Waals surface area contributed by atoms with Crippen LogP contribution >= 0.6 is 11.6 Å². The lowest BCUT2D eigenvalue weighted by Crippen LogP contribution is -2.28. The van der Waals surface area contributed by atoms with Gasteiger partial charge in [0.2, 0.25) is 0 Å². The first-order valence-corrected chi connectivity index (χ1v) is 10.6. The van der Waals surface area contributed by atoms with Crippen molar-refractivity contribution in [3.63, 3.8) is 0 Å². The smallest absolute Gasteiger partial charge is 0.341 e. The lowest BCUT2D eigenvalue weighted by Gasteiger charge is -2.32. The van der Waals surface area contributed by atoms with Gasteiger partial charge in [-0.25, -0.2) is 9.18 Å². The van der Waals surface area contributed by atoms with E-state index < -0.39 is 29.0 Å². The molecule has 7 nitrogen and oxygen atoms in total. The Kier molecular flexibility index (Phi) is 6.67. The molecule has 0 radical (unpaired) electrons. The van der Waals surface area contributed by atoms with E-state index in [0.29, 0.717) is 53.0 Å². The average molecular weight is 474 g/mol. The third kappa shape index (κ3) is 4.72. The van der Waals surface area contributed by atoms with Gasteiger partial charge in [0, 0.05) is 50.5 Å². The summed E-state index contributed by atoms with van der Waals surface area (Å²) in [5, 5.41) is 9.73. The van der Waals surface area contributed by atoms with E-state index in [9.17, 15) is 19.1 Å². The fraction of sp³-hybridized carbons (Fsp3) is 0.250. The van der Waals surface area contributed by atoms with Crippen molar-refractivity contribution < 1.29 is 28.5 Å². The van der Waals surface area contributed by atoms with Crippen molar-refractivity contribution in [3.8, 4) is 22.8 Å². The predicted octanol–water partition coefficient (Wildman–Crippen LogP) is 4.56. The van der Waals surface area contributed by atoms with Gasteiger partial charge >= 0.3 is 5.97 Å². The second-order valence-electron chi connectivity index (χ2n) is 7.49. The van der Waals surface area contributed by atoms with E-state index in [4.69, 9.17) is 25.8 Å². The SMILES string of the molecule is COCCCOc1cc2c(cc1Cl)-c1cc(=O)c(C(=O)O)cn1C(Cc1ccccc1F)O2. The Morgan fingerprint density at radius 2 is 2.03 bits per heavy atom. The van der Waals surface area contributed by atoms with E-state index in [1.807, 2.05) is 0 Å². The molecule has 1 atom stereocenters. The van der Waals surface area contributed by atoms with Crippen molar-refractivity contribution in [2.24, 2.45) is 0 Å². The number of carbonyl (C=O) groups is 1. The van der Waals surface area contributed by atoms with Gasteiger partial charge in [-0.05, 0) is 17.7 Å². The number of carboxylic acids is 1. The van der Waals surface area contributed by atoms with Crippen molar-refractivity contribution in [2.75, 3.05) is 20.3 Å². The molecule has 172 valence electrons. The van der Waals surface area contributed by atoms with E-state index >= 15 is 0 Å². The van der Waals surface area contributed by atoms with Crippen LogP contribution in [0.5, 0.6) is 11.5 Å². The standard InChI is InChI=1S/C24H21ClFNO6/c1-31-7-4-8-32-22-12-21-15(10-17(22)25)19-11-20(28)16(24(29)30)13-27(19)23(33-21)9-14-5-2-3-6-18(14)26/h2-3,5-6,10-13,23H,4,7-9H2,1H3,(H,29,30). The molecule has 0 fully saturated rings. The van der Waals surface area contributed by atoms with Crippen LogP contribution in [-0.2, 0) is 11.2 Å². The summed E-state index contributed by atoms with van der Waals surface area (Å²) in [6.45, 7) is 0.912. The summed E-state index contributed by atoms with van der Waals surface area (Å²) in [6, 6.07) is 10.7. The largest absolute Gasteiger partial charge is 0.492 e. The van der Waals surface area contributed by atoms with Crippen LogP contribution < -0.4 is 14.9 Å². The number of methoxy groups -OCH3 is 1. The Labute approximate surface area is 193 Å². The fourth-order valence-electron chi connectivity index (χ4n) is 3.69. The first kappa shape index (κ1) is 22.8. The summed E-state index contributed by atoms with van der Waals surface area (Å²) in [5.41, 5.74) is 0.247. The van der Waals surface area contributed by atoms with Crippen LogP contribution in [0.1, 0.15) is 28.6 Å². The highest BCUT2D eigenvalue weighted by Gasteiger charge is 2.29. The normalized spacial score (nSPS) is 14.2. The maximum atomic E-state index is 14.4. The zero-order valence-electron chi connectivity index (χ0n) is 17.7. The number of fused-ring (bicyclic) bond motifs is 3. The molecule has 9 heteroatoms. The molecule has 0 amide bonds. The molecule has 1 aromatic heterocycles. The van der Waals surface area contributed by atoms with Crippen LogP contribution in [0.25, 0.3) is 11.3 Å². The van der Waals surface area contributed by atoms with Gasteiger partial charge in [0.1, 0.15) is 22.9 Å². The molecule has 1 aliphatic rings. The van der Waals surface area contributed by atoms with Crippen molar-refractivity contribution >= 4 is 17.6 Å². The summed E-state index contributed by atoms with van der Waals surface area (Å²) >= 11 is 6.41. The third-order valence-electron chi connectivity index (χ3n) is 5.30. The summed E-state index contributed by atoms with van der Waals surface area (Å²) in [4.78, 5) is 24.0. The lowest BCUT2D eigenvalue weighted by atomic mass is 10.0. The summed E-state index contributed by atoms with van der Waals surface area (Å²) in [5.74, 6) is -0.978. The molecular formula is C24H21ClFNO6. The number of ether oxygens (including phenoxy) is 3. The first-order chi connectivity index (χ1) is 15.9. The number of carboxylic acid groups (broad SMARTS) is 1. The zero-order chi connectivity index (χ0) is 23.5. The van der Waals surface area contributed by atoms with Crippen molar-refractivity contribution in [2.45, 2.75) is 19.1 Å². The molecule has 2 aromatic carbocycles. The van der Waals surface area contributed by atoms with Crippen LogP contribution in [0.3, 0.4) is 0 Å². The number of aromatic nitrogens is 1. The number of rotatable bonds is 8. The minimum Gasteiger partial charge on any atom is -0.492 e. The van der Waals surface area contributed by atoms with Gasteiger partial charge in [-0.1, -0.05) is 29.8 Å². The topological polar surface area (TPSA) is 87.0 Å². The number of hydrogen-bond donors (Lipinski definition) is 1. The summed E-state index contributed by atoms with van der Waals surface area (Å²) in [6.07, 6.45) is 1.19. The fourth-order valence-corrected chi connectivity index (χ4v) is 3.91. The van der Waals surface area contributed by atoms with Gasteiger partial charge in [0.25, 0.3) is 0 Å². The molecule has 0 aliphatic carbocycles. The van der Waals surface area contributed by atoms with Crippen LogP contribution in [0.4, 0.5) is 4.39 Å². The van der Waals surface area contributed by atoms with Gasteiger partial charge in [-0.3, -0.25) is 4.79 Å². The molecule has 0 saturated heterocycles. The number of aromatic carboxylic acids is 1. The number of halogens is 2. The van der Waals surface area contributed by atoms with Gasteiger partial charge in [-0.15, -0.1) is 0 Å². The van der Waals surface area contributed by atoms with E-state index in [1.54, 1.807) is 37.4 Å². The molecule has 33 heavy (non-hydrogen) atoms. The summed E-state index contributed by atoms with van der Waals surface area (Å²) < 4.78 is 32.8. The number of nitrogens with zero attached hydrogens (tertiary/aromatic N) is 1. The predicted molar refractivity (Wildman–Crippen MR) is 120 cm³/mol. The lowest BCUT2D eigenvalue weighted by molar-refractivity contribution is 0.0692. The third-order valence-corrected chi connectivity index (χ3v) is 5.59. The van der Waals surface area contributed by atoms with Crippen LogP contribution in [-0.4, -0.2) is 36.0 Å². The minimum atomic E-state index is -1.36. The van der Waals surface area contributed by atoms with Crippen molar-refractivity contribution in [1.29, 1.82) is 0 Å². The first-order valence-electron chi connectivity index (χ1n) is 10.2. The molecule has 4 rings (SSSR count). The Balaban J connectivity index is 1.78. The number of pyridine rings is 1. The van der Waals surface area contributed by atoms with Gasteiger partial charge in [0.15, 0.2) is 11.7 Å². The van der Waals surface area contributed by atoms with E-state index in [-0.39, 0.29) is 6.42 Å². The van der Waals surface area contributed by atoms with Gasteiger partial charge < -0.3 is 23.9 Å². The van der Waals surface area contributed by atoms with Gasteiger partial charge in [0.05, 0.1) is 17.3 Å². The molecule has 3 aromatic rings. The highest BCUT2D eigenvalue weighted by atomic mass is 35.5. The van der Waals surface area contributed by atoms with Crippen molar-refractivity contribution in [3.05, 3.63) is 80.9 Å². The average Bonchev–Trinajstić information content (AvgIpc) is 2.78. The zero-order valence-corrected chi connectivity index (χ0v) is 18.5. The molecule has 1 aliphatic heterocycles. The maximum Gasteiger partial charge on any atom is 0.341 e. The second-order valence-corrected chi connectivity index (χ2v) is 7.90. The molecule has 1 N–H and O–H groups in total. The molecule has 0 bridgehead atoms. The number of benzene rings is 2.